The van der Waals surface area contributed by atoms with Gasteiger partial charge in [-0.3, -0.25) is 4.98 Å². The van der Waals surface area contributed by atoms with E-state index >= 15 is 0 Å². The Hall–Kier alpha value is -1.60. The summed E-state index contributed by atoms with van der Waals surface area (Å²) in [6.07, 6.45) is 3.82. The van der Waals surface area contributed by atoms with Crippen LogP contribution in [-0.2, 0) is 0 Å². The summed E-state index contributed by atoms with van der Waals surface area (Å²) in [6.45, 7) is 2.10. The number of hydrogen-bond donors (Lipinski definition) is 2. The first-order valence-electron chi connectivity index (χ1n) is 4.49. The number of aliphatic hydroxyl groups excluding tert-OH is 1. The van der Waals surface area contributed by atoms with Crippen LogP contribution in [0, 0.1) is 11.3 Å². The number of aromatic nitrogens is 1. The lowest BCUT2D eigenvalue weighted by molar-refractivity contribution is 0.282. The highest BCUT2D eigenvalue weighted by atomic mass is 16.3. The van der Waals surface area contributed by atoms with Gasteiger partial charge in [-0.25, -0.2) is 0 Å². The highest BCUT2D eigenvalue weighted by Crippen LogP contribution is 2.13. The average molecular weight is 191 g/mol. The van der Waals surface area contributed by atoms with Gasteiger partial charge < -0.3 is 10.4 Å². The number of aliphatic hydroxyl groups is 1. The van der Waals surface area contributed by atoms with Gasteiger partial charge in [-0.2, -0.15) is 5.26 Å². The van der Waals surface area contributed by atoms with E-state index in [4.69, 9.17) is 10.4 Å². The van der Waals surface area contributed by atoms with Gasteiger partial charge in [-0.15, -0.1) is 0 Å². The summed E-state index contributed by atoms with van der Waals surface area (Å²) < 4.78 is 0. The fourth-order valence-electron chi connectivity index (χ4n) is 1.14. The van der Waals surface area contributed by atoms with Crippen molar-refractivity contribution >= 4 is 5.69 Å². The van der Waals surface area contributed by atoms with Gasteiger partial charge in [0.05, 0.1) is 11.3 Å². The predicted octanol–water partition coefficient (Wildman–Crippen LogP) is 1.14. The standard InChI is InChI=1S/C10H13N3O/c1-8(3-5-14)13-10-2-4-12-7-9(10)6-11/h2,4,7-8,14H,3,5H2,1H3,(H,12,13)/t8-/m0/s1. The predicted molar refractivity (Wildman–Crippen MR) is 53.7 cm³/mol. The molecule has 1 heterocycles. The molecule has 0 aromatic carbocycles. The maximum absolute atomic E-state index is 8.78. The number of hydrogen-bond acceptors (Lipinski definition) is 4. The molecule has 0 bridgehead atoms. The van der Waals surface area contributed by atoms with Crippen molar-refractivity contribution in [3.05, 3.63) is 24.0 Å². The molecule has 0 spiro atoms. The zero-order chi connectivity index (χ0) is 10.4. The van der Waals surface area contributed by atoms with Crippen LogP contribution in [0.5, 0.6) is 0 Å². The van der Waals surface area contributed by atoms with E-state index in [1.54, 1.807) is 12.3 Å². The summed E-state index contributed by atoms with van der Waals surface area (Å²) in [5.74, 6) is 0. The minimum absolute atomic E-state index is 0.140. The van der Waals surface area contributed by atoms with E-state index in [-0.39, 0.29) is 12.6 Å². The van der Waals surface area contributed by atoms with Crippen LogP contribution in [0.3, 0.4) is 0 Å². The van der Waals surface area contributed by atoms with Crippen LogP contribution in [0.15, 0.2) is 18.5 Å². The first-order chi connectivity index (χ1) is 6.77. The van der Waals surface area contributed by atoms with E-state index in [2.05, 4.69) is 16.4 Å². The highest BCUT2D eigenvalue weighted by molar-refractivity contribution is 5.56. The molecule has 1 rings (SSSR count). The normalized spacial score (nSPS) is 11.8. The van der Waals surface area contributed by atoms with E-state index in [0.717, 1.165) is 5.69 Å². The van der Waals surface area contributed by atoms with Gasteiger partial charge in [0.15, 0.2) is 0 Å². The molecule has 2 N–H and O–H groups in total. The Morgan fingerprint density at radius 2 is 2.50 bits per heavy atom. The van der Waals surface area contributed by atoms with E-state index in [1.807, 2.05) is 6.92 Å². The van der Waals surface area contributed by atoms with Crippen molar-refractivity contribution in [3.8, 4) is 6.07 Å². The molecule has 14 heavy (non-hydrogen) atoms. The molecule has 74 valence electrons. The van der Waals surface area contributed by atoms with Crippen molar-refractivity contribution in [3.63, 3.8) is 0 Å². The van der Waals surface area contributed by atoms with Crippen LogP contribution in [0.4, 0.5) is 5.69 Å². The topological polar surface area (TPSA) is 68.9 Å². The fourth-order valence-corrected chi connectivity index (χ4v) is 1.14. The van der Waals surface area contributed by atoms with Crippen molar-refractivity contribution in [2.24, 2.45) is 0 Å². The number of nitriles is 1. The molecule has 0 amide bonds. The minimum Gasteiger partial charge on any atom is -0.396 e. The maximum atomic E-state index is 8.78. The SMILES string of the molecule is C[C@@H](CCO)Nc1ccncc1C#N. The maximum Gasteiger partial charge on any atom is 0.103 e. The lowest BCUT2D eigenvalue weighted by Gasteiger charge is -2.14. The molecule has 0 fully saturated rings. The fraction of sp³-hybridized carbons (Fsp3) is 0.400. The van der Waals surface area contributed by atoms with Crippen LogP contribution in [0.2, 0.25) is 0 Å². The van der Waals surface area contributed by atoms with Crippen molar-refractivity contribution in [1.29, 1.82) is 5.26 Å². The summed E-state index contributed by atoms with van der Waals surface area (Å²) >= 11 is 0. The third-order valence-corrected chi connectivity index (χ3v) is 1.91. The van der Waals surface area contributed by atoms with Crippen LogP contribution >= 0.6 is 0 Å². The van der Waals surface area contributed by atoms with Gasteiger partial charge in [0, 0.05) is 25.0 Å². The molecular formula is C10H13N3O. The molecule has 1 aromatic rings. The quantitative estimate of drug-likeness (QED) is 0.748. The van der Waals surface area contributed by atoms with Crippen molar-refractivity contribution in [2.45, 2.75) is 19.4 Å². The van der Waals surface area contributed by atoms with Crippen LogP contribution in [0.25, 0.3) is 0 Å². The molecule has 4 heteroatoms. The average Bonchev–Trinajstić information content (AvgIpc) is 2.19. The monoisotopic (exact) mass is 191 g/mol. The lowest BCUT2D eigenvalue weighted by Crippen LogP contribution is -2.17. The molecule has 0 aliphatic rings. The van der Waals surface area contributed by atoms with Gasteiger partial charge in [0.1, 0.15) is 6.07 Å². The third-order valence-electron chi connectivity index (χ3n) is 1.91. The molecule has 1 atom stereocenters. The summed E-state index contributed by atoms with van der Waals surface area (Å²) in [6, 6.07) is 3.96. The van der Waals surface area contributed by atoms with Gasteiger partial charge in [-0.05, 0) is 19.4 Å². The van der Waals surface area contributed by atoms with Crippen LogP contribution in [-0.4, -0.2) is 22.7 Å². The highest BCUT2D eigenvalue weighted by Gasteiger charge is 2.04. The van der Waals surface area contributed by atoms with E-state index in [1.165, 1.54) is 6.20 Å². The Labute approximate surface area is 83.2 Å². The Morgan fingerprint density at radius 1 is 1.71 bits per heavy atom. The molecule has 0 unspecified atom stereocenters. The molecule has 4 nitrogen and oxygen atoms in total. The molecule has 0 aliphatic carbocycles. The van der Waals surface area contributed by atoms with Gasteiger partial charge >= 0.3 is 0 Å². The second kappa shape index (κ2) is 5.20. The smallest absolute Gasteiger partial charge is 0.103 e. The third kappa shape index (κ3) is 2.71. The second-order valence-corrected chi connectivity index (χ2v) is 3.09. The zero-order valence-electron chi connectivity index (χ0n) is 8.07. The number of nitrogens with one attached hydrogen (secondary N) is 1. The van der Waals surface area contributed by atoms with Crippen molar-refractivity contribution in [2.75, 3.05) is 11.9 Å². The lowest BCUT2D eigenvalue weighted by atomic mass is 10.2. The largest absolute Gasteiger partial charge is 0.396 e. The van der Waals surface area contributed by atoms with E-state index in [0.29, 0.717) is 12.0 Å². The first kappa shape index (κ1) is 10.5. The zero-order valence-corrected chi connectivity index (χ0v) is 8.07. The molecule has 0 saturated carbocycles. The van der Waals surface area contributed by atoms with Crippen molar-refractivity contribution in [1.82, 2.24) is 4.98 Å². The summed E-state index contributed by atoms with van der Waals surface area (Å²) in [5.41, 5.74) is 1.29. The Kier molecular flexibility index (Phi) is 3.89. The van der Waals surface area contributed by atoms with Crippen molar-refractivity contribution < 1.29 is 5.11 Å². The van der Waals surface area contributed by atoms with Crippen LogP contribution in [0.1, 0.15) is 18.9 Å². The molecule has 0 saturated heterocycles. The van der Waals surface area contributed by atoms with Gasteiger partial charge in [0.25, 0.3) is 0 Å². The Bertz CT molecular complexity index is 332. The summed E-state index contributed by atoms with van der Waals surface area (Å²) in [7, 11) is 0. The van der Waals surface area contributed by atoms with Gasteiger partial charge in [0.2, 0.25) is 0 Å². The van der Waals surface area contributed by atoms with E-state index in [9.17, 15) is 0 Å². The summed E-state index contributed by atoms with van der Waals surface area (Å²) in [5, 5.41) is 20.6. The Balaban J connectivity index is 2.71. The second-order valence-electron chi connectivity index (χ2n) is 3.09. The number of nitrogens with zero attached hydrogens (tertiary/aromatic N) is 2. The van der Waals surface area contributed by atoms with Crippen LogP contribution < -0.4 is 5.32 Å². The first-order valence-corrected chi connectivity index (χ1v) is 4.49. The summed E-state index contributed by atoms with van der Waals surface area (Å²) in [4.78, 5) is 3.86. The van der Waals surface area contributed by atoms with E-state index < -0.39 is 0 Å². The Morgan fingerprint density at radius 3 is 3.14 bits per heavy atom. The molecular weight excluding hydrogens is 178 g/mol. The molecule has 1 aromatic heterocycles. The molecule has 0 radical (unpaired) electrons. The van der Waals surface area contributed by atoms with Gasteiger partial charge in [-0.1, -0.05) is 0 Å². The minimum atomic E-state index is 0.140. The number of pyridine rings is 1. The number of rotatable bonds is 4. The molecule has 0 aliphatic heterocycles. The number of anilines is 1.